The van der Waals surface area contributed by atoms with Crippen LogP contribution < -0.4 is 0 Å². The van der Waals surface area contributed by atoms with Gasteiger partial charge in [0, 0.05) is 11.6 Å². The summed E-state index contributed by atoms with van der Waals surface area (Å²) in [6.45, 7) is 5.99. The van der Waals surface area contributed by atoms with E-state index in [1.54, 1.807) is 18.7 Å². The standard InChI is InChI=1S/C13H21NO3/c1-4-6-10(3)13(16)14(11-7-8-11)9-12(15)17-5-2/h6,11H,4-5,7-9H2,1-3H3/b10-6+. The molecule has 17 heavy (non-hydrogen) atoms. The molecule has 0 bridgehead atoms. The van der Waals surface area contributed by atoms with Crippen molar-refractivity contribution < 1.29 is 14.3 Å². The van der Waals surface area contributed by atoms with Crippen LogP contribution >= 0.6 is 0 Å². The first-order valence-corrected chi connectivity index (χ1v) is 6.23. The molecule has 1 aliphatic carbocycles. The van der Waals surface area contributed by atoms with Gasteiger partial charge in [0.1, 0.15) is 6.54 Å². The third-order valence-corrected chi connectivity index (χ3v) is 2.70. The summed E-state index contributed by atoms with van der Waals surface area (Å²) in [6.07, 6.45) is 4.70. The summed E-state index contributed by atoms with van der Waals surface area (Å²) in [6, 6.07) is 0.229. The summed E-state index contributed by atoms with van der Waals surface area (Å²) in [4.78, 5) is 25.2. The number of nitrogens with zero attached hydrogens (tertiary/aromatic N) is 1. The average Bonchev–Trinajstić information content (AvgIpc) is 3.09. The third kappa shape index (κ3) is 4.21. The first-order valence-electron chi connectivity index (χ1n) is 6.23. The highest BCUT2D eigenvalue weighted by Gasteiger charge is 2.34. The molecule has 0 aromatic heterocycles. The van der Waals surface area contributed by atoms with Gasteiger partial charge in [-0.15, -0.1) is 0 Å². The smallest absolute Gasteiger partial charge is 0.325 e. The van der Waals surface area contributed by atoms with Crippen molar-refractivity contribution in [3.8, 4) is 0 Å². The Labute approximate surface area is 103 Å². The highest BCUT2D eigenvalue weighted by molar-refractivity contribution is 5.95. The van der Waals surface area contributed by atoms with Crippen molar-refractivity contribution in [1.29, 1.82) is 0 Å². The molecule has 1 fully saturated rings. The molecular formula is C13H21NO3. The van der Waals surface area contributed by atoms with Gasteiger partial charge in [0.05, 0.1) is 6.61 Å². The molecule has 0 saturated heterocycles. The number of rotatable bonds is 6. The number of esters is 1. The molecule has 0 N–H and O–H groups in total. The van der Waals surface area contributed by atoms with Crippen LogP contribution in [-0.4, -0.2) is 36.0 Å². The fourth-order valence-corrected chi connectivity index (χ4v) is 1.72. The van der Waals surface area contributed by atoms with Crippen LogP contribution in [0.1, 0.15) is 40.0 Å². The normalized spacial score (nSPS) is 15.6. The second-order valence-electron chi connectivity index (χ2n) is 4.26. The second kappa shape index (κ2) is 6.42. The Kier molecular flexibility index (Phi) is 5.19. The predicted molar refractivity (Wildman–Crippen MR) is 65.4 cm³/mol. The Balaban J connectivity index is 2.62. The largest absolute Gasteiger partial charge is 0.465 e. The van der Waals surface area contributed by atoms with Crippen molar-refractivity contribution >= 4 is 11.9 Å². The maximum atomic E-state index is 12.1. The molecule has 0 radical (unpaired) electrons. The summed E-state index contributed by atoms with van der Waals surface area (Å²) in [5, 5.41) is 0. The van der Waals surface area contributed by atoms with E-state index >= 15 is 0 Å². The van der Waals surface area contributed by atoms with Crippen LogP contribution in [0.15, 0.2) is 11.6 Å². The van der Waals surface area contributed by atoms with Gasteiger partial charge in [-0.1, -0.05) is 13.0 Å². The van der Waals surface area contributed by atoms with E-state index in [0.717, 1.165) is 19.3 Å². The van der Waals surface area contributed by atoms with Crippen LogP contribution in [0.3, 0.4) is 0 Å². The lowest BCUT2D eigenvalue weighted by molar-refractivity contribution is -0.148. The zero-order valence-corrected chi connectivity index (χ0v) is 10.9. The zero-order chi connectivity index (χ0) is 12.8. The number of carbonyl (C=O) groups is 2. The molecule has 1 saturated carbocycles. The molecular weight excluding hydrogens is 218 g/mol. The van der Waals surface area contributed by atoms with Crippen molar-refractivity contribution in [2.24, 2.45) is 0 Å². The van der Waals surface area contributed by atoms with Crippen molar-refractivity contribution in [2.75, 3.05) is 13.2 Å². The third-order valence-electron chi connectivity index (χ3n) is 2.70. The molecule has 4 nitrogen and oxygen atoms in total. The van der Waals surface area contributed by atoms with Gasteiger partial charge in [0.15, 0.2) is 0 Å². The molecule has 0 unspecified atom stereocenters. The zero-order valence-electron chi connectivity index (χ0n) is 10.9. The van der Waals surface area contributed by atoms with Gasteiger partial charge >= 0.3 is 5.97 Å². The molecule has 0 atom stereocenters. The molecule has 0 heterocycles. The summed E-state index contributed by atoms with van der Waals surface area (Å²) in [5.74, 6) is -0.362. The molecule has 0 aromatic carbocycles. The molecule has 1 amide bonds. The van der Waals surface area contributed by atoms with Crippen LogP contribution in [0.5, 0.6) is 0 Å². The fourth-order valence-electron chi connectivity index (χ4n) is 1.72. The Morgan fingerprint density at radius 1 is 1.35 bits per heavy atom. The Bertz CT molecular complexity index is 319. The van der Waals surface area contributed by atoms with Crippen LogP contribution in [-0.2, 0) is 14.3 Å². The number of ether oxygens (including phenoxy) is 1. The van der Waals surface area contributed by atoms with Crippen molar-refractivity contribution in [3.63, 3.8) is 0 Å². The van der Waals surface area contributed by atoms with E-state index in [2.05, 4.69) is 0 Å². The minimum atomic E-state index is -0.322. The average molecular weight is 239 g/mol. The number of carbonyl (C=O) groups excluding carboxylic acids is 2. The lowest BCUT2D eigenvalue weighted by Crippen LogP contribution is -2.38. The van der Waals surface area contributed by atoms with Crippen molar-refractivity contribution in [1.82, 2.24) is 4.90 Å². The van der Waals surface area contributed by atoms with Crippen LogP contribution in [0.4, 0.5) is 0 Å². The van der Waals surface area contributed by atoms with E-state index in [4.69, 9.17) is 4.74 Å². The lowest BCUT2D eigenvalue weighted by Gasteiger charge is -2.21. The summed E-state index contributed by atoms with van der Waals surface area (Å²) >= 11 is 0. The van der Waals surface area contributed by atoms with E-state index in [1.165, 1.54) is 0 Å². The number of allylic oxidation sites excluding steroid dienone is 1. The van der Waals surface area contributed by atoms with Gasteiger partial charge in [0.2, 0.25) is 5.91 Å². The molecule has 0 aromatic rings. The second-order valence-corrected chi connectivity index (χ2v) is 4.26. The van der Waals surface area contributed by atoms with Gasteiger partial charge in [-0.2, -0.15) is 0 Å². The topological polar surface area (TPSA) is 46.6 Å². The van der Waals surface area contributed by atoms with Crippen LogP contribution in [0.2, 0.25) is 0 Å². The Morgan fingerprint density at radius 3 is 2.47 bits per heavy atom. The number of hydrogen-bond donors (Lipinski definition) is 0. The van der Waals surface area contributed by atoms with Gasteiger partial charge in [0.25, 0.3) is 0 Å². The van der Waals surface area contributed by atoms with Gasteiger partial charge < -0.3 is 9.64 Å². The summed E-state index contributed by atoms with van der Waals surface area (Å²) in [5.41, 5.74) is 0.712. The van der Waals surface area contributed by atoms with Crippen LogP contribution in [0.25, 0.3) is 0 Å². The quantitative estimate of drug-likeness (QED) is 0.525. The number of amides is 1. The predicted octanol–water partition coefficient (Wildman–Crippen LogP) is 1.90. The SMILES string of the molecule is CC/C=C(\C)C(=O)N(CC(=O)OCC)C1CC1. The van der Waals surface area contributed by atoms with E-state index in [9.17, 15) is 9.59 Å². The number of hydrogen-bond acceptors (Lipinski definition) is 3. The van der Waals surface area contributed by atoms with E-state index in [-0.39, 0.29) is 24.5 Å². The fraction of sp³-hybridized carbons (Fsp3) is 0.692. The van der Waals surface area contributed by atoms with Crippen LogP contribution in [0, 0.1) is 0 Å². The summed E-state index contributed by atoms with van der Waals surface area (Å²) < 4.78 is 4.89. The van der Waals surface area contributed by atoms with Crippen molar-refractivity contribution in [2.45, 2.75) is 46.1 Å². The van der Waals surface area contributed by atoms with Gasteiger partial charge in [-0.3, -0.25) is 9.59 Å². The Morgan fingerprint density at radius 2 is 2.00 bits per heavy atom. The van der Waals surface area contributed by atoms with E-state index in [1.807, 2.05) is 13.0 Å². The Hall–Kier alpha value is -1.32. The molecule has 4 heteroatoms. The monoisotopic (exact) mass is 239 g/mol. The first kappa shape index (κ1) is 13.7. The molecule has 1 aliphatic rings. The molecule has 96 valence electrons. The molecule has 0 spiro atoms. The maximum Gasteiger partial charge on any atom is 0.325 e. The first-order chi connectivity index (χ1) is 8.10. The van der Waals surface area contributed by atoms with E-state index in [0.29, 0.717) is 12.2 Å². The maximum absolute atomic E-state index is 12.1. The minimum Gasteiger partial charge on any atom is -0.465 e. The van der Waals surface area contributed by atoms with Gasteiger partial charge in [-0.05, 0) is 33.1 Å². The summed E-state index contributed by atoms with van der Waals surface area (Å²) in [7, 11) is 0. The van der Waals surface area contributed by atoms with Gasteiger partial charge in [-0.25, -0.2) is 0 Å². The minimum absolute atomic E-state index is 0.0394. The van der Waals surface area contributed by atoms with Crippen molar-refractivity contribution in [3.05, 3.63) is 11.6 Å². The highest BCUT2D eigenvalue weighted by Crippen LogP contribution is 2.28. The van der Waals surface area contributed by atoms with E-state index < -0.39 is 0 Å². The molecule has 0 aliphatic heterocycles. The highest BCUT2D eigenvalue weighted by atomic mass is 16.5. The molecule has 1 rings (SSSR count). The lowest BCUT2D eigenvalue weighted by atomic mass is 10.2.